The molecule has 0 aliphatic carbocycles. The molecule has 0 radical (unpaired) electrons. The highest BCUT2D eigenvalue weighted by Crippen LogP contribution is 2.42. The Balaban J connectivity index is 0.910. The first-order chi connectivity index (χ1) is 27.0. The molecule has 2 aliphatic rings. The van der Waals surface area contributed by atoms with Crippen molar-refractivity contribution in [3.05, 3.63) is 142 Å². The predicted octanol–water partition coefficient (Wildman–Crippen LogP) is 6.09. The van der Waals surface area contributed by atoms with Crippen LogP contribution in [0, 0.1) is 0 Å². The lowest BCUT2D eigenvalue weighted by atomic mass is 9.90. The first-order valence-corrected chi connectivity index (χ1v) is 19.1. The molecule has 280 valence electrons. The number of amides is 2. The van der Waals surface area contributed by atoms with Crippen LogP contribution in [0.3, 0.4) is 0 Å². The molecule has 2 atom stereocenters. The van der Waals surface area contributed by atoms with Crippen LogP contribution in [0.15, 0.2) is 109 Å². The molecule has 5 heterocycles. The van der Waals surface area contributed by atoms with E-state index in [2.05, 4.69) is 26.7 Å². The Bertz CT molecular complexity index is 2260. The summed E-state index contributed by atoms with van der Waals surface area (Å²) < 4.78 is 19.0. The van der Waals surface area contributed by atoms with Crippen molar-refractivity contribution in [2.75, 3.05) is 45.8 Å². The third-order valence-corrected chi connectivity index (χ3v) is 11.0. The molecular formula is C42H41N7O5S. The molecule has 0 spiro atoms. The lowest BCUT2D eigenvalue weighted by Crippen LogP contribution is -2.54. The van der Waals surface area contributed by atoms with E-state index in [9.17, 15) is 9.59 Å². The number of methoxy groups -OCH3 is 2. The van der Waals surface area contributed by atoms with E-state index in [0.717, 1.165) is 44.1 Å². The van der Waals surface area contributed by atoms with Crippen LogP contribution >= 0.6 is 11.3 Å². The first kappa shape index (κ1) is 36.0. The highest BCUT2D eigenvalue weighted by atomic mass is 32.1. The highest BCUT2D eigenvalue weighted by Gasteiger charge is 2.39. The lowest BCUT2D eigenvalue weighted by Gasteiger charge is -2.41. The van der Waals surface area contributed by atoms with Crippen molar-refractivity contribution in [1.29, 1.82) is 0 Å². The summed E-state index contributed by atoms with van der Waals surface area (Å²) in [7, 11) is 3.24. The second-order valence-electron chi connectivity index (χ2n) is 13.5. The molecule has 1 N–H and O–H groups in total. The van der Waals surface area contributed by atoms with Crippen LogP contribution in [0.1, 0.15) is 43.5 Å². The second-order valence-corrected chi connectivity index (χ2v) is 14.5. The number of rotatable bonds is 11. The van der Waals surface area contributed by atoms with Crippen molar-refractivity contribution in [2.45, 2.75) is 31.7 Å². The number of anilines is 1. The molecule has 6 aromatic rings. The van der Waals surface area contributed by atoms with Gasteiger partial charge in [-0.05, 0) is 88.7 Å². The monoisotopic (exact) mass is 755 g/mol. The van der Waals surface area contributed by atoms with Crippen LogP contribution < -0.4 is 14.8 Å². The van der Waals surface area contributed by atoms with Gasteiger partial charge in [-0.1, -0.05) is 35.5 Å². The third-order valence-electron chi connectivity index (χ3n) is 10.1. The Kier molecular flexibility index (Phi) is 10.5. The SMILES string of the molecule is COc1cc2c(cc1OC)C(c1cccs1)N(C(=O)C1CN(C(=O)c3ccc(Cn4cc(-c5cccc(NCc6ccncc6)c5)nn4)cc3)CCO1)CC2. The van der Waals surface area contributed by atoms with E-state index in [-0.39, 0.29) is 31.0 Å². The molecule has 2 unspecified atom stereocenters. The number of morpholine rings is 1. The van der Waals surface area contributed by atoms with E-state index in [1.807, 2.05) is 95.3 Å². The van der Waals surface area contributed by atoms with Crippen LogP contribution in [0.2, 0.25) is 0 Å². The van der Waals surface area contributed by atoms with Gasteiger partial charge in [-0.25, -0.2) is 4.68 Å². The largest absolute Gasteiger partial charge is 0.493 e. The predicted molar refractivity (Wildman–Crippen MR) is 209 cm³/mol. The van der Waals surface area contributed by atoms with Crippen molar-refractivity contribution < 1.29 is 23.8 Å². The summed E-state index contributed by atoms with van der Waals surface area (Å²) in [6.45, 7) is 2.56. The van der Waals surface area contributed by atoms with Gasteiger partial charge < -0.3 is 29.3 Å². The molecule has 0 saturated carbocycles. The zero-order chi connectivity index (χ0) is 37.7. The maximum absolute atomic E-state index is 14.3. The molecule has 55 heavy (non-hydrogen) atoms. The molecule has 2 amide bonds. The lowest BCUT2D eigenvalue weighted by molar-refractivity contribution is -0.150. The number of nitrogens with zero attached hydrogens (tertiary/aromatic N) is 6. The molecule has 3 aromatic carbocycles. The average molecular weight is 756 g/mol. The minimum Gasteiger partial charge on any atom is -0.493 e. The smallest absolute Gasteiger partial charge is 0.254 e. The van der Waals surface area contributed by atoms with Gasteiger partial charge in [-0.2, -0.15) is 0 Å². The molecule has 12 nitrogen and oxygen atoms in total. The topological polar surface area (TPSA) is 124 Å². The van der Waals surface area contributed by atoms with E-state index < -0.39 is 6.10 Å². The van der Waals surface area contributed by atoms with Crippen LogP contribution in [-0.4, -0.2) is 88.2 Å². The molecule has 2 aliphatic heterocycles. The number of fused-ring (bicyclic) bond motifs is 1. The van der Waals surface area contributed by atoms with Gasteiger partial charge in [0.25, 0.3) is 11.8 Å². The fourth-order valence-corrected chi connectivity index (χ4v) is 8.08. The zero-order valence-corrected chi connectivity index (χ0v) is 31.4. The number of hydrogen-bond donors (Lipinski definition) is 1. The van der Waals surface area contributed by atoms with Crippen molar-refractivity contribution in [1.82, 2.24) is 29.8 Å². The normalized spacial score (nSPS) is 16.7. The van der Waals surface area contributed by atoms with Crippen LogP contribution in [0.25, 0.3) is 11.3 Å². The Hall–Kier alpha value is -6.05. The average Bonchev–Trinajstić information content (AvgIpc) is 3.96. The van der Waals surface area contributed by atoms with Crippen molar-refractivity contribution in [3.8, 4) is 22.8 Å². The molecule has 3 aromatic heterocycles. The van der Waals surface area contributed by atoms with Gasteiger partial charge in [-0.3, -0.25) is 14.6 Å². The molecule has 1 saturated heterocycles. The minimum absolute atomic E-state index is 0.133. The van der Waals surface area contributed by atoms with Crippen LogP contribution in [0.5, 0.6) is 11.5 Å². The zero-order valence-electron chi connectivity index (χ0n) is 30.6. The summed E-state index contributed by atoms with van der Waals surface area (Å²) in [5.41, 5.74) is 7.52. The number of carbonyl (C=O) groups is 2. The molecular weight excluding hydrogens is 715 g/mol. The second kappa shape index (κ2) is 16.1. The number of thiophene rings is 1. The number of benzene rings is 3. The first-order valence-electron chi connectivity index (χ1n) is 18.2. The summed E-state index contributed by atoms with van der Waals surface area (Å²) in [5.74, 6) is 1.02. The Morgan fingerprint density at radius 1 is 0.927 bits per heavy atom. The Morgan fingerprint density at radius 3 is 2.53 bits per heavy atom. The van der Waals surface area contributed by atoms with Gasteiger partial charge in [0.2, 0.25) is 0 Å². The molecule has 8 rings (SSSR count). The highest BCUT2D eigenvalue weighted by molar-refractivity contribution is 7.10. The summed E-state index contributed by atoms with van der Waals surface area (Å²) in [6, 6.07) is 27.3. The number of nitrogens with one attached hydrogen (secondary N) is 1. The van der Waals surface area contributed by atoms with E-state index in [1.54, 1.807) is 47.5 Å². The fourth-order valence-electron chi connectivity index (χ4n) is 7.23. The van der Waals surface area contributed by atoms with Gasteiger partial charge in [0.1, 0.15) is 5.69 Å². The van der Waals surface area contributed by atoms with E-state index >= 15 is 0 Å². The van der Waals surface area contributed by atoms with E-state index in [4.69, 9.17) is 14.2 Å². The summed E-state index contributed by atoms with van der Waals surface area (Å²) in [4.78, 5) is 36.7. The van der Waals surface area contributed by atoms with Crippen molar-refractivity contribution in [3.63, 3.8) is 0 Å². The number of pyridine rings is 1. The van der Waals surface area contributed by atoms with Gasteiger partial charge in [-0.15, -0.1) is 16.4 Å². The summed E-state index contributed by atoms with van der Waals surface area (Å²) >= 11 is 1.61. The number of aromatic nitrogens is 4. The standard InChI is InChI=1S/C42H41N7O5S/c1-52-36-22-31-14-17-49(40(39-7-4-20-55-39)34(31)23-37(36)53-2)42(51)38-27-47(18-19-54-38)41(50)30-10-8-29(9-11-30)25-48-26-35(45-46-48)32-5-3-6-33(21-32)44-24-28-12-15-43-16-13-28/h3-13,15-16,20-23,26,38,40,44H,14,17-19,24-25,27H2,1-2H3. The van der Waals surface area contributed by atoms with Crippen molar-refractivity contribution >= 4 is 28.8 Å². The summed E-state index contributed by atoms with van der Waals surface area (Å²) in [6.07, 6.45) is 5.38. The Labute approximate surface area is 323 Å². The van der Waals surface area contributed by atoms with E-state index in [0.29, 0.717) is 49.7 Å². The minimum atomic E-state index is -0.777. The van der Waals surface area contributed by atoms with Crippen LogP contribution in [0.4, 0.5) is 5.69 Å². The van der Waals surface area contributed by atoms with Crippen LogP contribution in [-0.2, 0) is 29.0 Å². The van der Waals surface area contributed by atoms with Gasteiger partial charge in [0.15, 0.2) is 17.6 Å². The number of ether oxygens (including phenoxy) is 3. The van der Waals surface area contributed by atoms with Gasteiger partial charge in [0, 0.05) is 53.7 Å². The fraction of sp³-hybridized carbons (Fsp3) is 0.262. The third kappa shape index (κ3) is 7.80. The summed E-state index contributed by atoms with van der Waals surface area (Å²) in [5, 5.41) is 14.2. The quantitative estimate of drug-likeness (QED) is 0.167. The molecule has 13 heteroatoms. The Morgan fingerprint density at radius 2 is 1.75 bits per heavy atom. The van der Waals surface area contributed by atoms with Gasteiger partial charge in [0.05, 0.1) is 46.2 Å². The van der Waals surface area contributed by atoms with E-state index in [1.165, 1.54) is 0 Å². The number of carbonyl (C=O) groups excluding carboxylic acids is 2. The van der Waals surface area contributed by atoms with Crippen molar-refractivity contribution in [2.24, 2.45) is 0 Å². The maximum atomic E-state index is 14.3. The maximum Gasteiger partial charge on any atom is 0.254 e. The van der Waals surface area contributed by atoms with Gasteiger partial charge >= 0.3 is 0 Å². The molecule has 0 bridgehead atoms. The number of hydrogen-bond acceptors (Lipinski definition) is 10. The molecule has 1 fully saturated rings.